The molecule has 2 aromatic heterocycles. The lowest BCUT2D eigenvalue weighted by Gasteiger charge is -2.21. The van der Waals surface area contributed by atoms with Gasteiger partial charge in [-0.15, -0.1) is 12.4 Å². The molecule has 0 bridgehead atoms. The fourth-order valence-electron chi connectivity index (χ4n) is 2.31. The van der Waals surface area contributed by atoms with Crippen molar-refractivity contribution in [3.63, 3.8) is 0 Å². The summed E-state index contributed by atoms with van der Waals surface area (Å²) in [5, 5.41) is 9.87. The molecule has 0 aliphatic heterocycles. The number of halogens is 3. The third-order valence-corrected chi connectivity index (χ3v) is 3.36. The van der Waals surface area contributed by atoms with Crippen molar-refractivity contribution >= 4 is 29.7 Å². The van der Waals surface area contributed by atoms with Crippen molar-refractivity contribution in [3.05, 3.63) is 23.4 Å². The van der Waals surface area contributed by atoms with Gasteiger partial charge in [-0.2, -0.15) is 8.78 Å². The number of hydrogen-bond acceptors (Lipinski definition) is 6. The van der Waals surface area contributed by atoms with Crippen molar-refractivity contribution in [1.82, 2.24) is 15.6 Å². The predicted molar refractivity (Wildman–Crippen MR) is 85.1 cm³/mol. The van der Waals surface area contributed by atoms with E-state index in [0.717, 1.165) is 11.4 Å². The highest BCUT2D eigenvalue weighted by atomic mass is 35.5. The van der Waals surface area contributed by atoms with Gasteiger partial charge in [0.15, 0.2) is 11.5 Å². The molecule has 0 radical (unpaired) electrons. The first kappa shape index (κ1) is 19.9. The lowest BCUT2D eigenvalue weighted by Crippen LogP contribution is -2.31. The molecule has 0 aliphatic carbocycles. The SMILES string of the molecule is CCN(c1cnoc1C)c1c(CCNC(=O)C(F)F)noc1C.Cl. The molecule has 2 heterocycles. The van der Waals surface area contributed by atoms with Crippen molar-refractivity contribution < 1.29 is 22.6 Å². The quantitative estimate of drug-likeness (QED) is 0.813. The normalized spacial score (nSPS) is 10.6. The summed E-state index contributed by atoms with van der Waals surface area (Å²) in [7, 11) is 0. The second-order valence-electron chi connectivity index (χ2n) is 4.89. The molecule has 7 nitrogen and oxygen atoms in total. The topological polar surface area (TPSA) is 84.4 Å². The van der Waals surface area contributed by atoms with Crippen molar-refractivity contribution in [1.29, 1.82) is 0 Å². The zero-order chi connectivity index (χ0) is 17.0. The Morgan fingerprint density at radius 2 is 2.04 bits per heavy atom. The minimum absolute atomic E-state index is 0. The van der Waals surface area contributed by atoms with Crippen molar-refractivity contribution in [2.45, 2.75) is 33.6 Å². The van der Waals surface area contributed by atoms with E-state index in [-0.39, 0.29) is 25.4 Å². The Hall–Kier alpha value is -2.16. The summed E-state index contributed by atoms with van der Waals surface area (Å²) in [5.74, 6) is -0.0685. The van der Waals surface area contributed by atoms with Crippen LogP contribution in [0.3, 0.4) is 0 Å². The third kappa shape index (κ3) is 4.22. The number of amides is 1. The number of anilines is 2. The summed E-state index contributed by atoms with van der Waals surface area (Å²) in [6.07, 6.45) is -1.17. The number of hydrogen-bond donors (Lipinski definition) is 1. The maximum atomic E-state index is 12.2. The molecule has 1 N–H and O–H groups in total. The molecule has 0 saturated heterocycles. The van der Waals surface area contributed by atoms with Crippen LogP contribution >= 0.6 is 12.4 Å². The van der Waals surface area contributed by atoms with Gasteiger partial charge in [0.2, 0.25) is 0 Å². The van der Waals surface area contributed by atoms with Gasteiger partial charge in [-0.3, -0.25) is 4.79 Å². The van der Waals surface area contributed by atoms with Crippen LogP contribution < -0.4 is 10.2 Å². The number of carbonyl (C=O) groups is 1. The van der Waals surface area contributed by atoms with E-state index in [1.165, 1.54) is 0 Å². The predicted octanol–water partition coefficient (Wildman–Crippen LogP) is 2.78. The van der Waals surface area contributed by atoms with E-state index in [0.29, 0.717) is 23.8 Å². The van der Waals surface area contributed by atoms with E-state index in [1.54, 1.807) is 20.0 Å². The van der Waals surface area contributed by atoms with E-state index in [1.807, 2.05) is 11.8 Å². The van der Waals surface area contributed by atoms with E-state index >= 15 is 0 Å². The summed E-state index contributed by atoms with van der Waals surface area (Å²) in [6.45, 7) is 6.15. The Morgan fingerprint density at radius 1 is 1.33 bits per heavy atom. The molecule has 0 unspecified atom stereocenters. The number of aryl methyl sites for hydroxylation is 2. The zero-order valence-electron chi connectivity index (χ0n) is 13.5. The average molecular weight is 365 g/mol. The molecule has 2 aromatic rings. The molecule has 1 amide bonds. The van der Waals surface area contributed by atoms with Crippen molar-refractivity contribution in [2.75, 3.05) is 18.0 Å². The van der Waals surface area contributed by atoms with Crippen molar-refractivity contribution in [3.8, 4) is 0 Å². The number of aromatic nitrogens is 2. The molecular weight excluding hydrogens is 346 g/mol. The van der Waals surface area contributed by atoms with Crippen LogP contribution in [0.2, 0.25) is 0 Å². The van der Waals surface area contributed by atoms with Gasteiger partial charge in [0.1, 0.15) is 17.1 Å². The highest BCUT2D eigenvalue weighted by Gasteiger charge is 2.23. The Balaban J connectivity index is 0.00000288. The second-order valence-corrected chi connectivity index (χ2v) is 4.89. The fraction of sp³-hybridized carbons (Fsp3) is 0.500. The Labute approximate surface area is 143 Å². The average Bonchev–Trinajstić information content (AvgIpc) is 3.08. The Kier molecular flexibility index (Phi) is 7.15. The van der Waals surface area contributed by atoms with Gasteiger partial charge in [0.05, 0.1) is 6.20 Å². The standard InChI is InChI=1S/C14H18F2N4O3.ClH/c1-4-20(11-7-18-22-8(11)2)12-9(3)23-19-10(12)5-6-17-14(21)13(15)16;/h7,13H,4-6H2,1-3H3,(H,17,21);1H. The minimum atomic E-state index is -3.03. The Bertz CT molecular complexity index is 675. The smallest absolute Gasteiger partial charge is 0.315 e. The summed E-state index contributed by atoms with van der Waals surface area (Å²) < 4.78 is 34.7. The highest BCUT2D eigenvalue weighted by molar-refractivity contribution is 5.85. The molecule has 0 aromatic carbocycles. The summed E-state index contributed by atoms with van der Waals surface area (Å²) in [6, 6.07) is 0. The van der Waals surface area contributed by atoms with E-state index in [4.69, 9.17) is 9.05 Å². The molecule has 2 rings (SSSR count). The van der Waals surface area contributed by atoms with Crippen LogP contribution in [0.25, 0.3) is 0 Å². The number of carbonyl (C=O) groups excluding carboxylic acids is 1. The third-order valence-electron chi connectivity index (χ3n) is 3.36. The molecule has 134 valence electrons. The number of nitrogens with one attached hydrogen (secondary N) is 1. The first-order valence-corrected chi connectivity index (χ1v) is 7.15. The maximum Gasteiger partial charge on any atom is 0.315 e. The maximum absolute atomic E-state index is 12.2. The first-order chi connectivity index (χ1) is 11.0. The molecule has 0 spiro atoms. The van der Waals surface area contributed by atoms with Gasteiger partial charge in [-0.05, 0) is 20.8 Å². The largest absolute Gasteiger partial charge is 0.359 e. The summed E-state index contributed by atoms with van der Waals surface area (Å²) in [5.41, 5.74) is 2.07. The summed E-state index contributed by atoms with van der Waals surface area (Å²) >= 11 is 0. The van der Waals surface area contributed by atoms with E-state index < -0.39 is 12.3 Å². The number of nitrogens with zero attached hydrogens (tertiary/aromatic N) is 3. The molecule has 0 saturated carbocycles. The zero-order valence-corrected chi connectivity index (χ0v) is 14.3. The molecule has 0 aliphatic rings. The summed E-state index contributed by atoms with van der Waals surface area (Å²) in [4.78, 5) is 12.8. The first-order valence-electron chi connectivity index (χ1n) is 7.15. The second kappa shape index (κ2) is 8.62. The molecular formula is C14H19ClF2N4O3. The molecule has 0 atom stereocenters. The monoisotopic (exact) mass is 364 g/mol. The lowest BCUT2D eigenvalue weighted by molar-refractivity contribution is -0.131. The molecule has 10 heteroatoms. The van der Waals surface area contributed by atoms with Crippen LogP contribution in [0.1, 0.15) is 24.1 Å². The van der Waals surface area contributed by atoms with Crippen LogP contribution in [0.5, 0.6) is 0 Å². The van der Waals surface area contributed by atoms with Crippen LogP contribution in [-0.4, -0.2) is 35.7 Å². The van der Waals surface area contributed by atoms with Crippen LogP contribution in [0.4, 0.5) is 20.2 Å². The van der Waals surface area contributed by atoms with Crippen LogP contribution in [0, 0.1) is 13.8 Å². The lowest BCUT2D eigenvalue weighted by atomic mass is 10.2. The van der Waals surface area contributed by atoms with E-state index in [2.05, 4.69) is 15.6 Å². The van der Waals surface area contributed by atoms with Gasteiger partial charge in [0.25, 0.3) is 5.91 Å². The van der Waals surface area contributed by atoms with Crippen LogP contribution in [0.15, 0.2) is 15.2 Å². The minimum Gasteiger partial charge on any atom is -0.359 e. The molecule has 0 fully saturated rings. The van der Waals surface area contributed by atoms with Gasteiger partial charge in [-0.25, -0.2) is 0 Å². The van der Waals surface area contributed by atoms with Crippen molar-refractivity contribution in [2.24, 2.45) is 0 Å². The number of rotatable bonds is 7. The van der Waals surface area contributed by atoms with Crippen LogP contribution in [-0.2, 0) is 11.2 Å². The van der Waals surface area contributed by atoms with Gasteiger partial charge in [0, 0.05) is 19.5 Å². The van der Waals surface area contributed by atoms with Gasteiger partial charge >= 0.3 is 6.43 Å². The Morgan fingerprint density at radius 3 is 2.58 bits per heavy atom. The van der Waals surface area contributed by atoms with Gasteiger partial charge < -0.3 is 19.3 Å². The molecule has 24 heavy (non-hydrogen) atoms. The highest BCUT2D eigenvalue weighted by Crippen LogP contribution is 2.33. The van der Waals surface area contributed by atoms with Gasteiger partial charge in [-0.1, -0.05) is 10.3 Å². The number of alkyl halides is 2. The fourth-order valence-corrected chi connectivity index (χ4v) is 2.31. The van der Waals surface area contributed by atoms with E-state index in [9.17, 15) is 13.6 Å².